The standard InChI is InChI=1S/C73H50N2Si/c1-6-24-52(25-7-1)73(53-26-8-2-9-27-53)66-40-19-16-38-64(66)72-60(39-23-41-67(72)73)51-44-47-70-65(48-51)62-37-18-21-43-69(62)74(70)55-45-46-63-61-36-17-20-42-68(61)75(71(63)50-55)54-28-22-35-59(49-54)76(56-29-10-3-11-30-56,57-31-12-4-13-32-57)58-33-14-5-15-34-58/h1-50H. The number of benzene rings is 12. The van der Waals surface area contributed by atoms with Crippen LogP contribution in [0.5, 0.6) is 0 Å². The lowest BCUT2D eigenvalue weighted by atomic mass is 9.67. The summed E-state index contributed by atoms with van der Waals surface area (Å²) in [6.45, 7) is 0. The van der Waals surface area contributed by atoms with Gasteiger partial charge in [0, 0.05) is 32.9 Å². The number of rotatable bonds is 9. The second kappa shape index (κ2) is 17.6. The van der Waals surface area contributed by atoms with Crippen LogP contribution in [-0.4, -0.2) is 17.2 Å². The quantitative estimate of drug-likeness (QED) is 0.101. The molecule has 1 aliphatic carbocycles. The second-order valence-electron chi connectivity index (χ2n) is 20.3. The molecule has 0 atom stereocenters. The number of fused-ring (bicyclic) bond motifs is 9. The molecule has 14 aromatic rings. The summed E-state index contributed by atoms with van der Waals surface area (Å²) in [5.74, 6) is 0. The Morgan fingerprint density at radius 2 is 0.711 bits per heavy atom. The van der Waals surface area contributed by atoms with Crippen molar-refractivity contribution < 1.29 is 0 Å². The molecule has 3 heteroatoms. The van der Waals surface area contributed by atoms with Gasteiger partial charge in [0.15, 0.2) is 8.07 Å². The van der Waals surface area contributed by atoms with E-state index >= 15 is 0 Å². The van der Waals surface area contributed by atoms with E-state index in [4.69, 9.17) is 0 Å². The van der Waals surface area contributed by atoms with Crippen LogP contribution in [0.4, 0.5) is 0 Å². The topological polar surface area (TPSA) is 9.86 Å². The van der Waals surface area contributed by atoms with Gasteiger partial charge >= 0.3 is 0 Å². The van der Waals surface area contributed by atoms with Crippen molar-refractivity contribution in [3.05, 3.63) is 326 Å². The highest BCUT2D eigenvalue weighted by Crippen LogP contribution is 2.58. The van der Waals surface area contributed by atoms with Crippen molar-refractivity contribution in [2.45, 2.75) is 5.41 Å². The maximum Gasteiger partial charge on any atom is 0.179 e. The largest absolute Gasteiger partial charge is 0.309 e. The Labute approximate surface area is 443 Å². The van der Waals surface area contributed by atoms with Crippen LogP contribution in [0.15, 0.2) is 303 Å². The molecule has 0 fully saturated rings. The van der Waals surface area contributed by atoms with Gasteiger partial charge in [0.1, 0.15) is 0 Å². The zero-order chi connectivity index (χ0) is 50.2. The van der Waals surface area contributed by atoms with Crippen LogP contribution in [0.2, 0.25) is 0 Å². The van der Waals surface area contributed by atoms with E-state index in [0.717, 1.165) is 11.4 Å². The summed E-state index contributed by atoms with van der Waals surface area (Å²) >= 11 is 0. The molecule has 0 radical (unpaired) electrons. The van der Waals surface area contributed by atoms with Crippen molar-refractivity contribution >= 4 is 72.4 Å². The summed E-state index contributed by atoms with van der Waals surface area (Å²) in [4.78, 5) is 0. The van der Waals surface area contributed by atoms with Crippen molar-refractivity contribution in [2.75, 3.05) is 0 Å². The number of hydrogen-bond donors (Lipinski definition) is 0. The van der Waals surface area contributed by atoms with Crippen molar-refractivity contribution in [3.8, 4) is 33.6 Å². The maximum atomic E-state index is 2.50. The maximum absolute atomic E-state index is 2.80. The molecule has 0 amide bonds. The highest BCUT2D eigenvalue weighted by molar-refractivity contribution is 7.19. The first kappa shape index (κ1) is 44.0. The molecule has 0 unspecified atom stereocenters. The molecular formula is C73H50N2Si. The molecule has 76 heavy (non-hydrogen) atoms. The lowest BCUT2D eigenvalue weighted by molar-refractivity contribution is 0.768. The Hall–Kier alpha value is -9.54. The monoisotopic (exact) mass is 982 g/mol. The summed E-state index contributed by atoms with van der Waals surface area (Å²) < 4.78 is 4.98. The minimum absolute atomic E-state index is 0.468. The van der Waals surface area contributed by atoms with Crippen LogP contribution in [0, 0.1) is 0 Å². The number of hydrogen-bond acceptors (Lipinski definition) is 0. The predicted octanol–water partition coefficient (Wildman–Crippen LogP) is 15.3. The lowest BCUT2D eigenvalue weighted by Gasteiger charge is -2.34. The fraction of sp³-hybridized carbons (Fsp3) is 0.0137. The van der Waals surface area contributed by atoms with Gasteiger partial charge < -0.3 is 9.13 Å². The predicted molar refractivity (Wildman–Crippen MR) is 321 cm³/mol. The second-order valence-corrected chi connectivity index (χ2v) is 24.1. The molecule has 2 heterocycles. The van der Waals surface area contributed by atoms with Crippen LogP contribution in [-0.2, 0) is 5.41 Å². The third-order valence-electron chi connectivity index (χ3n) is 16.5. The third kappa shape index (κ3) is 6.40. The summed E-state index contributed by atoms with van der Waals surface area (Å²) in [7, 11) is -2.80. The Kier molecular flexibility index (Phi) is 10.2. The summed E-state index contributed by atoms with van der Waals surface area (Å²) in [6, 6.07) is 113. The van der Waals surface area contributed by atoms with E-state index in [2.05, 4.69) is 312 Å². The first-order valence-electron chi connectivity index (χ1n) is 26.4. The zero-order valence-corrected chi connectivity index (χ0v) is 42.8. The van der Waals surface area contributed by atoms with Gasteiger partial charge in [-0.2, -0.15) is 0 Å². The van der Waals surface area contributed by atoms with Gasteiger partial charge in [-0.05, 0) is 114 Å². The first-order valence-corrected chi connectivity index (χ1v) is 28.4. The van der Waals surface area contributed by atoms with E-state index in [1.54, 1.807) is 0 Å². The highest BCUT2D eigenvalue weighted by atomic mass is 28.3. The van der Waals surface area contributed by atoms with Crippen molar-refractivity contribution in [1.29, 1.82) is 0 Å². The molecule has 0 saturated carbocycles. The fourth-order valence-electron chi connectivity index (χ4n) is 13.5. The van der Waals surface area contributed by atoms with E-state index in [1.807, 2.05) is 0 Å². The van der Waals surface area contributed by atoms with E-state index in [1.165, 1.54) is 109 Å². The smallest absolute Gasteiger partial charge is 0.179 e. The molecular weight excluding hydrogens is 933 g/mol. The Bertz CT molecular complexity index is 4360. The lowest BCUT2D eigenvalue weighted by Crippen LogP contribution is -2.74. The van der Waals surface area contributed by atoms with Gasteiger partial charge in [0.25, 0.3) is 0 Å². The third-order valence-corrected chi connectivity index (χ3v) is 21.3. The average molecular weight is 983 g/mol. The zero-order valence-electron chi connectivity index (χ0n) is 41.8. The van der Waals surface area contributed by atoms with Gasteiger partial charge in [-0.25, -0.2) is 0 Å². The highest BCUT2D eigenvalue weighted by Gasteiger charge is 2.47. The Morgan fingerprint density at radius 3 is 1.34 bits per heavy atom. The molecule has 0 spiro atoms. The van der Waals surface area contributed by atoms with Crippen LogP contribution in [0.1, 0.15) is 22.3 Å². The average Bonchev–Trinajstić information content (AvgIpc) is 4.21. The van der Waals surface area contributed by atoms with Crippen LogP contribution in [0.25, 0.3) is 77.2 Å². The van der Waals surface area contributed by atoms with Gasteiger partial charge in [-0.3, -0.25) is 0 Å². The summed E-state index contributed by atoms with van der Waals surface area (Å²) in [5, 5.41) is 10.3. The van der Waals surface area contributed by atoms with Crippen molar-refractivity contribution in [2.24, 2.45) is 0 Å². The Balaban J connectivity index is 0.924. The molecule has 0 aliphatic heterocycles. The van der Waals surface area contributed by atoms with E-state index in [0.29, 0.717) is 0 Å². The van der Waals surface area contributed by atoms with Gasteiger partial charge in [-0.15, -0.1) is 0 Å². The number of para-hydroxylation sites is 2. The molecule has 12 aromatic carbocycles. The van der Waals surface area contributed by atoms with E-state index in [-0.39, 0.29) is 0 Å². The van der Waals surface area contributed by atoms with Crippen molar-refractivity contribution in [3.63, 3.8) is 0 Å². The van der Waals surface area contributed by atoms with Gasteiger partial charge in [0.2, 0.25) is 0 Å². The van der Waals surface area contributed by atoms with Gasteiger partial charge in [-0.1, -0.05) is 255 Å². The van der Waals surface area contributed by atoms with Crippen LogP contribution >= 0.6 is 0 Å². The molecule has 15 rings (SSSR count). The minimum Gasteiger partial charge on any atom is -0.309 e. The van der Waals surface area contributed by atoms with Crippen molar-refractivity contribution in [1.82, 2.24) is 9.13 Å². The van der Waals surface area contributed by atoms with Crippen LogP contribution < -0.4 is 20.7 Å². The molecule has 2 aromatic heterocycles. The molecule has 0 N–H and O–H groups in total. The Morgan fingerprint density at radius 1 is 0.263 bits per heavy atom. The molecule has 356 valence electrons. The molecule has 0 saturated heterocycles. The summed E-state index contributed by atoms with van der Waals surface area (Å²) in [5.41, 5.74) is 16.7. The van der Waals surface area contributed by atoms with Gasteiger partial charge in [0.05, 0.1) is 27.5 Å². The first-order chi connectivity index (χ1) is 37.7. The number of aromatic nitrogens is 2. The normalized spacial score (nSPS) is 12.8. The van der Waals surface area contributed by atoms with Crippen LogP contribution in [0.3, 0.4) is 0 Å². The van der Waals surface area contributed by atoms with E-state index in [9.17, 15) is 0 Å². The van der Waals surface area contributed by atoms with E-state index < -0.39 is 13.5 Å². The summed E-state index contributed by atoms with van der Waals surface area (Å²) in [6.07, 6.45) is 0. The number of nitrogens with zero attached hydrogens (tertiary/aromatic N) is 2. The fourth-order valence-corrected chi connectivity index (χ4v) is 18.3. The molecule has 0 bridgehead atoms. The molecule has 1 aliphatic rings. The minimum atomic E-state index is -2.80. The SMILES string of the molecule is c1ccc(C2(c3ccccc3)c3ccccc3-c3c(-c4ccc5c(c4)c4ccccc4n5-c4ccc5c6ccccc6n(-c6cccc([Si](c7ccccc7)(c7ccccc7)c7ccccc7)c6)c5c4)cccc32)cc1. The molecule has 2 nitrogen and oxygen atoms in total.